The van der Waals surface area contributed by atoms with Crippen molar-refractivity contribution in [2.75, 3.05) is 0 Å². The molecule has 0 aliphatic rings. The normalized spacial score (nSPS) is 12.0. The van der Waals surface area contributed by atoms with Crippen molar-refractivity contribution in [1.82, 2.24) is 4.98 Å². The van der Waals surface area contributed by atoms with Gasteiger partial charge in [-0.2, -0.15) is 0 Å². The number of aromatic nitrogens is 1. The second kappa shape index (κ2) is 3.62. The van der Waals surface area contributed by atoms with E-state index in [-0.39, 0.29) is 0 Å². The minimum Gasteiger partial charge on any atom is -0.481 e. The monoisotopic (exact) mass is 231 g/mol. The van der Waals surface area contributed by atoms with Gasteiger partial charge in [0.25, 0.3) is 0 Å². The Hall–Kier alpha value is -1.77. The standard InChI is InChI=1S/C14H17NO2/c1-8-5-9(2)12-10(7-15-11(12)6-8)14(3,4)13(16)17/h5-7,15H,1-4H3,(H,16,17). The van der Waals surface area contributed by atoms with Crippen LogP contribution in [0, 0.1) is 13.8 Å². The average Bonchev–Trinajstić information content (AvgIpc) is 2.61. The summed E-state index contributed by atoms with van der Waals surface area (Å²) < 4.78 is 0. The molecule has 0 aliphatic carbocycles. The van der Waals surface area contributed by atoms with E-state index in [0.717, 1.165) is 22.0 Å². The molecule has 17 heavy (non-hydrogen) atoms. The van der Waals surface area contributed by atoms with E-state index in [1.54, 1.807) is 13.8 Å². The topological polar surface area (TPSA) is 53.1 Å². The first-order valence-electron chi connectivity index (χ1n) is 5.66. The molecule has 90 valence electrons. The van der Waals surface area contributed by atoms with Crippen LogP contribution >= 0.6 is 0 Å². The van der Waals surface area contributed by atoms with E-state index in [2.05, 4.69) is 11.1 Å². The molecule has 0 bridgehead atoms. The second-order valence-electron chi connectivity index (χ2n) is 5.14. The van der Waals surface area contributed by atoms with Gasteiger partial charge in [-0.15, -0.1) is 0 Å². The lowest BCUT2D eigenvalue weighted by atomic mass is 9.83. The van der Waals surface area contributed by atoms with Crippen LogP contribution in [0.1, 0.15) is 30.5 Å². The highest BCUT2D eigenvalue weighted by Gasteiger charge is 2.32. The Morgan fingerprint density at radius 1 is 1.29 bits per heavy atom. The van der Waals surface area contributed by atoms with Gasteiger partial charge in [0.2, 0.25) is 0 Å². The predicted octanol–water partition coefficient (Wildman–Crippen LogP) is 3.15. The summed E-state index contributed by atoms with van der Waals surface area (Å²) in [6.45, 7) is 7.52. The number of aryl methyl sites for hydroxylation is 2. The fraction of sp³-hybridized carbons (Fsp3) is 0.357. The molecule has 0 aliphatic heterocycles. The van der Waals surface area contributed by atoms with Gasteiger partial charge in [-0.25, -0.2) is 0 Å². The zero-order valence-electron chi connectivity index (χ0n) is 10.6. The van der Waals surface area contributed by atoms with Gasteiger partial charge in [-0.3, -0.25) is 4.79 Å². The number of H-pyrrole nitrogens is 1. The van der Waals surface area contributed by atoms with E-state index in [0.29, 0.717) is 0 Å². The summed E-state index contributed by atoms with van der Waals surface area (Å²) in [5.74, 6) is -0.807. The molecule has 3 heteroatoms. The second-order valence-corrected chi connectivity index (χ2v) is 5.14. The van der Waals surface area contributed by atoms with Gasteiger partial charge in [0, 0.05) is 17.1 Å². The molecule has 0 radical (unpaired) electrons. The van der Waals surface area contributed by atoms with Crippen molar-refractivity contribution in [2.24, 2.45) is 0 Å². The van der Waals surface area contributed by atoms with Crippen LogP contribution in [-0.4, -0.2) is 16.1 Å². The highest BCUT2D eigenvalue weighted by Crippen LogP contribution is 2.33. The number of carboxylic acids is 1. The number of aliphatic carboxylic acids is 1. The summed E-state index contributed by atoms with van der Waals surface area (Å²) in [4.78, 5) is 14.5. The number of fused-ring (bicyclic) bond motifs is 1. The molecule has 0 saturated carbocycles. The van der Waals surface area contributed by atoms with Gasteiger partial charge < -0.3 is 10.1 Å². The summed E-state index contributed by atoms with van der Waals surface area (Å²) in [6.07, 6.45) is 1.81. The third kappa shape index (κ3) is 1.71. The molecule has 0 saturated heterocycles. The van der Waals surface area contributed by atoms with Crippen molar-refractivity contribution in [1.29, 1.82) is 0 Å². The first kappa shape index (κ1) is 11.7. The van der Waals surface area contributed by atoms with Crippen molar-refractivity contribution in [2.45, 2.75) is 33.1 Å². The molecule has 1 heterocycles. The molecule has 1 aromatic carbocycles. The number of carboxylic acid groups (broad SMARTS) is 1. The summed E-state index contributed by atoms with van der Waals surface area (Å²) in [5, 5.41) is 10.3. The molecular formula is C14H17NO2. The SMILES string of the molecule is Cc1cc(C)c2c(C(C)(C)C(=O)O)c[nH]c2c1. The van der Waals surface area contributed by atoms with Crippen molar-refractivity contribution in [3.8, 4) is 0 Å². The number of nitrogens with one attached hydrogen (secondary N) is 1. The van der Waals surface area contributed by atoms with Gasteiger partial charge in [0.1, 0.15) is 0 Å². The third-order valence-corrected chi connectivity index (χ3v) is 3.33. The van der Waals surface area contributed by atoms with Crippen LogP contribution in [0.3, 0.4) is 0 Å². The Labute approximate surface area is 100 Å². The van der Waals surface area contributed by atoms with Crippen molar-refractivity contribution in [3.05, 3.63) is 35.0 Å². The van der Waals surface area contributed by atoms with Gasteiger partial charge in [0.05, 0.1) is 5.41 Å². The zero-order chi connectivity index (χ0) is 12.8. The lowest BCUT2D eigenvalue weighted by Crippen LogP contribution is -2.28. The lowest BCUT2D eigenvalue weighted by molar-refractivity contribution is -0.142. The molecule has 0 spiro atoms. The highest BCUT2D eigenvalue weighted by atomic mass is 16.4. The maximum atomic E-state index is 11.3. The van der Waals surface area contributed by atoms with Crippen molar-refractivity contribution >= 4 is 16.9 Å². The minimum atomic E-state index is -0.877. The molecule has 2 N–H and O–H groups in total. The number of carbonyl (C=O) groups is 1. The fourth-order valence-electron chi connectivity index (χ4n) is 2.27. The maximum Gasteiger partial charge on any atom is 0.313 e. The number of aromatic amines is 1. The quantitative estimate of drug-likeness (QED) is 0.834. The van der Waals surface area contributed by atoms with Gasteiger partial charge >= 0.3 is 5.97 Å². The van der Waals surface area contributed by atoms with Crippen molar-refractivity contribution < 1.29 is 9.90 Å². The van der Waals surface area contributed by atoms with E-state index in [9.17, 15) is 9.90 Å². The predicted molar refractivity (Wildman–Crippen MR) is 68.4 cm³/mol. The van der Waals surface area contributed by atoms with Crippen LogP contribution in [-0.2, 0) is 10.2 Å². The molecule has 0 atom stereocenters. The number of benzene rings is 1. The van der Waals surface area contributed by atoms with E-state index < -0.39 is 11.4 Å². The number of hydrogen-bond acceptors (Lipinski definition) is 1. The molecular weight excluding hydrogens is 214 g/mol. The third-order valence-electron chi connectivity index (χ3n) is 3.33. The van der Waals surface area contributed by atoms with Gasteiger partial charge in [0.15, 0.2) is 0 Å². The molecule has 3 nitrogen and oxygen atoms in total. The van der Waals surface area contributed by atoms with Gasteiger partial charge in [-0.1, -0.05) is 6.07 Å². The van der Waals surface area contributed by atoms with Crippen molar-refractivity contribution in [3.63, 3.8) is 0 Å². The number of rotatable bonds is 2. The van der Waals surface area contributed by atoms with E-state index in [1.807, 2.05) is 26.1 Å². The summed E-state index contributed by atoms with van der Waals surface area (Å²) in [6, 6.07) is 4.13. The Kier molecular flexibility index (Phi) is 2.49. The zero-order valence-corrected chi connectivity index (χ0v) is 10.6. The van der Waals surface area contributed by atoms with Gasteiger partial charge in [-0.05, 0) is 50.5 Å². The largest absolute Gasteiger partial charge is 0.481 e. The molecule has 2 aromatic rings. The summed E-state index contributed by atoms with van der Waals surface area (Å²) in [5.41, 5.74) is 3.27. The van der Waals surface area contributed by atoms with Crippen LogP contribution < -0.4 is 0 Å². The maximum absolute atomic E-state index is 11.3. The highest BCUT2D eigenvalue weighted by molar-refractivity contribution is 5.93. The Bertz CT molecular complexity index is 594. The summed E-state index contributed by atoms with van der Waals surface area (Å²) >= 11 is 0. The first-order valence-corrected chi connectivity index (χ1v) is 5.66. The smallest absolute Gasteiger partial charge is 0.313 e. The van der Waals surface area contributed by atoms with Crippen LogP contribution in [0.25, 0.3) is 10.9 Å². The van der Waals surface area contributed by atoms with Crippen LogP contribution in [0.4, 0.5) is 0 Å². The molecule has 0 amide bonds. The Morgan fingerprint density at radius 3 is 2.53 bits per heavy atom. The molecule has 1 aromatic heterocycles. The fourth-order valence-corrected chi connectivity index (χ4v) is 2.27. The number of hydrogen-bond donors (Lipinski definition) is 2. The van der Waals surface area contributed by atoms with E-state index in [1.165, 1.54) is 5.56 Å². The van der Waals surface area contributed by atoms with E-state index in [4.69, 9.17) is 0 Å². The average molecular weight is 231 g/mol. The van der Waals surface area contributed by atoms with E-state index >= 15 is 0 Å². The first-order chi connectivity index (χ1) is 7.84. The van der Waals surface area contributed by atoms with Crippen LogP contribution in [0.5, 0.6) is 0 Å². The Balaban J connectivity index is 2.77. The van der Waals surface area contributed by atoms with Crippen LogP contribution in [0.15, 0.2) is 18.3 Å². The lowest BCUT2D eigenvalue weighted by Gasteiger charge is -2.19. The molecule has 2 rings (SSSR count). The summed E-state index contributed by atoms with van der Waals surface area (Å²) in [7, 11) is 0. The van der Waals surface area contributed by atoms with Crippen LogP contribution in [0.2, 0.25) is 0 Å². The molecule has 0 fully saturated rings. The Morgan fingerprint density at radius 2 is 1.94 bits per heavy atom. The minimum absolute atomic E-state index is 0.807. The molecule has 0 unspecified atom stereocenters.